The largest absolute Gasteiger partial charge is 0.391 e. The van der Waals surface area contributed by atoms with Crippen molar-refractivity contribution >= 4 is 58.0 Å². The maximum absolute atomic E-state index is 14.0. The van der Waals surface area contributed by atoms with Crippen molar-refractivity contribution in [3.05, 3.63) is 82.1 Å². The molecule has 5 amide bonds. The fourth-order valence-corrected chi connectivity index (χ4v) is 11.4. The quantitative estimate of drug-likeness (QED) is 0.0362. The minimum absolute atomic E-state index is 0.0217. The van der Waals surface area contributed by atoms with Crippen LogP contribution in [0.5, 0.6) is 0 Å². The van der Waals surface area contributed by atoms with Crippen LogP contribution in [0.15, 0.2) is 59.6 Å². The van der Waals surface area contributed by atoms with Crippen molar-refractivity contribution in [2.75, 3.05) is 79.2 Å². The van der Waals surface area contributed by atoms with Crippen LogP contribution in [0.3, 0.4) is 0 Å². The Balaban J connectivity index is 0.763. The normalized spacial score (nSPS) is 18.1. The first-order valence-electron chi connectivity index (χ1n) is 28.3. The second-order valence-electron chi connectivity index (χ2n) is 23.2. The first kappa shape index (κ1) is 65.6. The maximum atomic E-state index is 14.0. The van der Waals surface area contributed by atoms with Gasteiger partial charge in [-0.3, -0.25) is 28.8 Å². The number of aliphatic hydroxyl groups excluding tert-OH is 2. The first-order chi connectivity index (χ1) is 39.1. The van der Waals surface area contributed by atoms with Crippen molar-refractivity contribution in [1.82, 2.24) is 35.7 Å². The topological polar surface area (TPSA) is 257 Å². The molecule has 450 valence electrons. The molecule has 2 aromatic carbocycles. The number of likely N-dealkylation sites (tertiary alicyclic amines) is 2. The monoisotopic (exact) mass is 1180 g/mol. The van der Waals surface area contributed by atoms with Crippen LogP contribution in [-0.4, -0.2) is 175 Å². The molecule has 0 aliphatic carbocycles. The molecular formula is C60H85N7O13S2. The number of rotatable bonds is 32. The number of nitrogens with one attached hydrogen (secondary N) is 3. The van der Waals surface area contributed by atoms with Gasteiger partial charge in [0.1, 0.15) is 31.3 Å². The Hall–Kier alpha value is -5.56. The van der Waals surface area contributed by atoms with Crippen molar-refractivity contribution in [1.29, 1.82) is 0 Å². The van der Waals surface area contributed by atoms with Gasteiger partial charge in [-0.25, -0.2) is 9.97 Å². The summed E-state index contributed by atoms with van der Waals surface area (Å²) in [5.74, 6) is -2.92. The number of benzene rings is 2. The van der Waals surface area contributed by atoms with E-state index in [0.29, 0.717) is 39.6 Å². The molecule has 2 saturated heterocycles. The summed E-state index contributed by atoms with van der Waals surface area (Å²) in [5, 5.41) is 29.8. The van der Waals surface area contributed by atoms with E-state index in [4.69, 9.17) is 23.7 Å². The number of nitrogens with zero attached hydrogens (tertiary/aromatic N) is 4. The standard InChI is InChI=1S/C60H85N7O13S2/c1-39-52(81-37-63-39)43-16-12-41(13-17-43)31-61-55(72)49-29-45(68)33-66(49)57(74)48(59(3,4)5)28-47(70)35-79-21-11-9-10-20-76-22-23-77-24-25-78-26-27-80-36-51(71)65-54(60(6,7)8)58(75)67-34-46(69)30-50(67)56(73)62-32-42-14-18-44(19-15-42)53-40(2)64-38-82-53/h12-19,37-38,45-46,48-50,54,68-69H,9-11,20-36H2,1-8H3,(H,61,72)(H,62,73)(H,65,71)/t45-,46-,48-,49+,50+,54-/m1/s1. The Labute approximate surface area is 490 Å². The number of aromatic nitrogens is 2. The van der Waals surface area contributed by atoms with Crippen molar-refractivity contribution in [2.45, 2.75) is 137 Å². The Kier molecular flexibility index (Phi) is 25.5. The van der Waals surface area contributed by atoms with Gasteiger partial charge in [-0.2, -0.15) is 0 Å². The molecule has 20 nitrogen and oxygen atoms in total. The fourth-order valence-electron chi connectivity index (χ4n) is 9.80. The third-order valence-corrected chi connectivity index (χ3v) is 16.4. The van der Waals surface area contributed by atoms with Gasteiger partial charge in [-0.05, 0) is 66.2 Å². The predicted molar refractivity (Wildman–Crippen MR) is 312 cm³/mol. The SMILES string of the molecule is Cc1ncsc1-c1ccc(CNC(=O)[C@@H]2C[C@@H](O)CN2C(=O)[C@@H](CC(=O)COCCCCCOCCOCCOCCOCC(=O)N[C@H](C(=O)N2C[C@H](O)C[C@H]2C(=O)NCc2ccc(-c3scnc3C)cc2)C(C)(C)C)C(C)(C)C)cc1. The molecule has 0 saturated carbocycles. The van der Waals surface area contributed by atoms with Gasteiger partial charge in [0.2, 0.25) is 29.5 Å². The molecule has 2 aliphatic rings. The van der Waals surface area contributed by atoms with Crippen LogP contribution in [-0.2, 0) is 65.5 Å². The number of Topliss-reactive ketones (excluding diaryl/α,β-unsaturated/α-hetero) is 1. The van der Waals surface area contributed by atoms with Crippen LogP contribution >= 0.6 is 22.7 Å². The third-order valence-electron chi connectivity index (χ3n) is 14.5. The molecule has 0 radical (unpaired) electrons. The summed E-state index contributed by atoms with van der Waals surface area (Å²) < 4.78 is 28.1. The Morgan fingerprint density at radius 3 is 1.45 bits per heavy atom. The summed E-state index contributed by atoms with van der Waals surface area (Å²) in [4.78, 5) is 94.6. The van der Waals surface area contributed by atoms with E-state index in [2.05, 4.69) is 25.9 Å². The lowest BCUT2D eigenvalue weighted by atomic mass is 9.77. The minimum atomic E-state index is -0.980. The molecule has 4 aromatic rings. The third kappa shape index (κ3) is 20.1. The van der Waals surface area contributed by atoms with Gasteiger partial charge >= 0.3 is 0 Å². The van der Waals surface area contributed by atoms with Crippen molar-refractivity contribution in [2.24, 2.45) is 16.7 Å². The minimum Gasteiger partial charge on any atom is -0.391 e. The number of amides is 5. The molecule has 2 aliphatic heterocycles. The number of β-amino-alcohol motifs (C(OH)–C–C–N with tert-alkyl or cyclic N) is 2. The molecule has 0 bridgehead atoms. The summed E-state index contributed by atoms with van der Waals surface area (Å²) in [6.07, 6.45) is 0.804. The summed E-state index contributed by atoms with van der Waals surface area (Å²) in [7, 11) is 0. The number of carbonyl (C=O) groups excluding carboxylic acids is 6. The average molecular weight is 1180 g/mol. The summed E-state index contributed by atoms with van der Waals surface area (Å²) in [6.45, 7) is 17.9. The highest BCUT2D eigenvalue weighted by atomic mass is 32.1. The van der Waals surface area contributed by atoms with E-state index in [1.165, 1.54) is 9.80 Å². The highest BCUT2D eigenvalue weighted by Crippen LogP contribution is 2.34. The van der Waals surface area contributed by atoms with E-state index in [1.54, 1.807) is 28.2 Å². The predicted octanol–water partition coefficient (Wildman–Crippen LogP) is 5.81. The zero-order chi connectivity index (χ0) is 59.4. The number of ether oxygens (including phenoxy) is 5. The van der Waals surface area contributed by atoms with E-state index in [0.717, 1.165) is 62.7 Å². The van der Waals surface area contributed by atoms with E-state index < -0.39 is 58.9 Å². The van der Waals surface area contributed by atoms with Crippen LogP contribution in [0.2, 0.25) is 0 Å². The number of hydrogen-bond acceptors (Lipinski definition) is 17. The highest BCUT2D eigenvalue weighted by Gasteiger charge is 2.46. The van der Waals surface area contributed by atoms with Gasteiger partial charge in [0.25, 0.3) is 0 Å². The average Bonchev–Trinajstić information content (AvgIpc) is 4.30. The lowest BCUT2D eigenvalue weighted by molar-refractivity contribution is -0.146. The molecule has 82 heavy (non-hydrogen) atoms. The first-order valence-corrected chi connectivity index (χ1v) is 30.1. The van der Waals surface area contributed by atoms with Crippen molar-refractivity contribution in [3.63, 3.8) is 0 Å². The molecule has 2 aromatic heterocycles. The fraction of sp³-hybridized carbons (Fsp3) is 0.600. The van der Waals surface area contributed by atoms with Gasteiger partial charge in [0.05, 0.1) is 84.0 Å². The second-order valence-corrected chi connectivity index (χ2v) is 24.9. The van der Waals surface area contributed by atoms with Gasteiger partial charge in [0.15, 0.2) is 5.78 Å². The molecule has 0 unspecified atom stereocenters. The summed E-state index contributed by atoms with van der Waals surface area (Å²) in [5.41, 5.74) is 8.12. The number of unbranched alkanes of at least 4 members (excludes halogenated alkanes) is 2. The van der Waals surface area contributed by atoms with Gasteiger partial charge in [-0.1, -0.05) is 90.1 Å². The lowest BCUT2D eigenvalue weighted by Gasteiger charge is -2.35. The van der Waals surface area contributed by atoms with E-state index in [1.807, 2.05) is 109 Å². The van der Waals surface area contributed by atoms with Crippen LogP contribution in [0, 0.1) is 30.6 Å². The molecule has 22 heteroatoms. The summed E-state index contributed by atoms with van der Waals surface area (Å²) in [6, 6.07) is 13.0. The Morgan fingerprint density at radius 1 is 0.585 bits per heavy atom. The molecule has 6 atom stereocenters. The number of carbonyl (C=O) groups is 6. The Morgan fingerprint density at radius 2 is 1.01 bits per heavy atom. The molecule has 0 spiro atoms. The van der Waals surface area contributed by atoms with E-state index >= 15 is 0 Å². The van der Waals surface area contributed by atoms with Gasteiger partial charge < -0.3 is 59.6 Å². The molecule has 5 N–H and O–H groups in total. The lowest BCUT2D eigenvalue weighted by Crippen LogP contribution is -2.58. The molecule has 6 rings (SSSR count). The second kappa shape index (κ2) is 31.9. The van der Waals surface area contributed by atoms with Crippen molar-refractivity contribution < 1.29 is 62.7 Å². The molecular weight excluding hydrogens is 1090 g/mol. The van der Waals surface area contributed by atoms with Crippen LogP contribution in [0.4, 0.5) is 0 Å². The highest BCUT2D eigenvalue weighted by molar-refractivity contribution is 7.13. The zero-order valence-electron chi connectivity index (χ0n) is 48.9. The molecule has 2 fully saturated rings. The summed E-state index contributed by atoms with van der Waals surface area (Å²) >= 11 is 3.14. The van der Waals surface area contributed by atoms with Gasteiger partial charge in [0, 0.05) is 64.6 Å². The van der Waals surface area contributed by atoms with Crippen molar-refractivity contribution in [3.8, 4) is 20.9 Å². The number of hydrogen-bond donors (Lipinski definition) is 5. The number of thiazole rings is 2. The van der Waals surface area contributed by atoms with E-state index in [9.17, 15) is 39.0 Å². The van der Waals surface area contributed by atoms with Crippen LogP contribution in [0.1, 0.15) is 103 Å². The number of aliphatic hydroxyl groups is 2. The Bertz CT molecular complexity index is 2510. The van der Waals surface area contributed by atoms with Crippen LogP contribution < -0.4 is 16.0 Å². The number of ketones is 1. The number of aryl methyl sites for hydroxylation is 2. The maximum Gasteiger partial charge on any atom is 0.246 e. The van der Waals surface area contributed by atoms with E-state index in [-0.39, 0.29) is 95.4 Å². The van der Waals surface area contributed by atoms with Crippen LogP contribution in [0.25, 0.3) is 20.9 Å². The zero-order valence-corrected chi connectivity index (χ0v) is 50.5. The molecule has 4 heterocycles. The smallest absolute Gasteiger partial charge is 0.246 e. The van der Waals surface area contributed by atoms with Gasteiger partial charge in [-0.15, -0.1) is 22.7 Å².